The third-order valence-electron chi connectivity index (χ3n) is 7.54. The van der Waals surface area contributed by atoms with Crippen molar-refractivity contribution in [2.75, 3.05) is 33.0 Å². The number of hydrogen-bond donors (Lipinski definition) is 30. The molecule has 0 heterocycles. The van der Waals surface area contributed by atoms with E-state index in [1.54, 1.807) is 0 Å². The normalized spacial score (nSPS) is 20.1. The number of carboxylic acids is 5. The van der Waals surface area contributed by atoms with E-state index in [0.717, 1.165) is 0 Å². The number of carbonyl (C=O) groups is 5. The molecule has 0 aliphatic heterocycles. The molecule has 66 heavy (non-hydrogen) atoms. The minimum Gasteiger partial charge on any atom is -1.00 e. The van der Waals surface area contributed by atoms with Crippen molar-refractivity contribution in [1.29, 1.82) is 0 Å². The van der Waals surface area contributed by atoms with Crippen LogP contribution in [0.5, 0.6) is 0 Å². The van der Waals surface area contributed by atoms with Gasteiger partial charge in [0.25, 0.3) is 0 Å². The van der Waals surface area contributed by atoms with Gasteiger partial charge in [-0.3, -0.25) is 0 Å². The first-order valence-corrected chi connectivity index (χ1v) is 17.4. The standard InChI is InChI=1S/5C6H12O7.Na.H/c5*7-1-2(8)3(9)4(10)5(11)6(12)13;;/h5*2-5,7-11H,1H2,(H,12,13);;/q;;;;;+1;-1/t5*2-,3-,4+,5-;;/m11111../s1. The molecule has 0 aromatic rings. The summed E-state index contributed by atoms with van der Waals surface area (Å²) < 4.78 is 0. The van der Waals surface area contributed by atoms with E-state index in [1.165, 1.54) is 0 Å². The molecular formula is C30H61NaO35. The third-order valence-corrected chi connectivity index (χ3v) is 7.54. The predicted octanol–water partition coefficient (Wildman–Crippen LogP) is -20.3. The van der Waals surface area contributed by atoms with E-state index in [0.29, 0.717) is 0 Å². The van der Waals surface area contributed by atoms with Gasteiger partial charge in [-0.25, -0.2) is 24.0 Å². The van der Waals surface area contributed by atoms with Crippen LogP contribution in [-0.4, -0.2) is 338 Å². The van der Waals surface area contributed by atoms with Crippen LogP contribution in [0.15, 0.2) is 0 Å². The van der Waals surface area contributed by atoms with Crippen LogP contribution in [0.25, 0.3) is 0 Å². The maximum atomic E-state index is 10.1. The average molecular weight is 1000 g/mol. The molecule has 0 fully saturated rings. The quantitative estimate of drug-likeness (QED) is 0.0378. The Balaban J connectivity index is -0.000000133. The van der Waals surface area contributed by atoms with Gasteiger partial charge in [0.05, 0.1) is 33.0 Å². The van der Waals surface area contributed by atoms with Gasteiger partial charge in [-0.2, -0.15) is 0 Å². The van der Waals surface area contributed by atoms with Gasteiger partial charge in [-0.15, -0.1) is 0 Å². The second-order valence-electron chi connectivity index (χ2n) is 12.6. The molecule has 0 bridgehead atoms. The van der Waals surface area contributed by atoms with Crippen LogP contribution >= 0.6 is 0 Å². The summed E-state index contributed by atoms with van der Waals surface area (Å²) in [6, 6.07) is 0. The summed E-state index contributed by atoms with van der Waals surface area (Å²) in [5.74, 6) is -8.63. The van der Waals surface area contributed by atoms with E-state index in [4.69, 9.17) is 153 Å². The molecule has 0 unspecified atom stereocenters. The fourth-order valence-corrected chi connectivity index (χ4v) is 3.34. The van der Waals surface area contributed by atoms with Crippen LogP contribution in [0.4, 0.5) is 0 Å². The van der Waals surface area contributed by atoms with Crippen LogP contribution in [0.2, 0.25) is 0 Å². The van der Waals surface area contributed by atoms with E-state index in [9.17, 15) is 24.0 Å². The van der Waals surface area contributed by atoms with Crippen LogP contribution in [0, 0.1) is 0 Å². The largest absolute Gasteiger partial charge is 1.00 e. The molecule has 36 heteroatoms. The van der Waals surface area contributed by atoms with Crippen LogP contribution < -0.4 is 29.6 Å². The van der Waals surface area contributed by atoms with Gasteiger partial charge in [0.1, 0.15) is 91.6 Å². The van der Waals surface area contributed by atoms with Crippen LogP contribution in [0.3, 0.4) is 0 Å². The molecule has 0 spiro atoms. The Morgan fingerprint density at radius 3 is 0.394 bits per heavy atom. The molecule has 20 atom stereocenters. The summed E-state index contributed by atoms with van der Waals surface area (Å²) in [5.41, 5.74) is 0. The summed E-state index contributed by atoms with van der Waals surface area (Å²) >= 11 is 0. The van der Waals surface area contributed by atoms with Crippen molar-refractivity contribution in [2.45, 2.75) is 122 Å². The summed E-state index contributed by atoms with van der Waals surface area (Å²) in [6.45, 7) is -4.21. The molecule has 392 valence electrons. The van der Waals surface area contributed by atoms with Gasteiger partial charge < -0.3 is 155 Å². The summed E-state index contributed by atoms with van der Waals surface area (Å²) in [6.07, 6.45) is -39.2. The molecule has 0 aliphatic rings. The molecule has 35 nitrogen and oxygen atoms in total. The van der Waals surface area contributed by atoms with Crippen molar-refractivity contribution in [3.05, 3.63) is 0 Å². The second kappa shape index (κ2) is 39.2. The molecule has 0 rings (SSSR count). The molecule has 0 radical (unpaired) electrons. The van der Waals surface area contributed by atoms with Crippen molar-refractivity contribution in [2.24, 2.45) is 0 Å². The SMILES string of the molecule is O=C(O)[C@H](O)[C@@H](O)[C@H](O)[C@H](O)CO.O=C(O)[C@H](O)[C@@H](O)[C@H](O)[C@H](O)CO.O=C(O)[C@H](O)[C@@H](O)[C@H](O)[C@H](O)CO.O=C(O)[C@H](O)[C@@H](O)[C@H](O)[C@H](O)CO.O=C(O)[C@H](O)[C@@H](O)[C@H](O)[C@H](O)CO.[H-].[Na+]. The van der Waals surface area contributed by atoms with Crippen LogP contribution in [-0.2, 0) is 24.0 Å². The van der Waals surface area contributed by atoms with Gasteiger partial charge in [-0.05, 0) is 0 Å². The zero-order valence-electron chi connectivity index (χ0n) is 35.0. The topological polar surface area (TPSA) is 692 Å². The van der Waals surface area contributed by atoms with Crippen LogP contribution in [0.1, 0.15) is 1.43 Å². The smallest absolute Gasteiger partial charge is 1.00 e. The predicted molar refractivity (Wildman–Crippen MR) is 195 cm³/mol. The van der Waals surface area contributed by atoms with Gasteiger partial charge in [0, 0.05) is 0 Å². The van der Waals surface area contributed by atoms with Gasteiger partial charge in [0.15, 0.2) is 30.5 Å². The van der Waals surface area contributed by atoms with E-state index in [2.05, 4.69) is 0 Å². The van der Waals surface area contributed by atoms with Gasteiger partial charge in [-0.1, -0.05) is 0 Å². The monoisotopic (exact) mass is 1000 g/mol. The van der Waals surface area contributed by atoms with E-state index in [-0.39, 0.29) is 31.0 Å². The summed E-state index contributed by atoms with van der Waals surface area (Å²) in [4.78, 5) is 50.5. The molecule has 0 amide bonds. The van der Waals surface area contributed by atoms with Gasteiger partial charge in [0.2, 0.25) is 0 Å². The molecule has 0 saturated carbocycles. The van der Waals surface area contributed by atoms with E-state index < -0.39 is 185 Å². The number of carboxylic acid groups (broad SMARTS) is 5. The summed E-state index contributed by atoms with van der Waals surface area (Å²) in [7, 11) is 0. The zero-order chi connectivity index (χ0) is 53.0. The Morgan fingerprint density at radius 1 is 0.242 bits per heavy atom. The Hall–Kier alpha value is -2.65. The number of rotatable bonds is 25. The number of aliphatic hydroxyl groups excluding tert-OH is 25. The van der Waals surface area contributed by atoms with Crippen molar-refractivity contribution >= 4 is 29.8 Å². The fraction of sp³-hybridized carbons (Fsp3) is 0.833. The minimum absolute atomic E-state index is 0. The Bertz CT molecular complexity index is 1090. The number of aliphatic hydroxyl groups is 25. The zero-order valence-corrected chi connectivity index (χ0v) is 36.0. The number of hydrogen-bond acceptors (Lipinski definition) is 30. The first kappa shape index (κ1) is 74.9. The first-order valence-electron chi connectivity index (χ1n) is 17.4. The molecular weight excluding hydrogens is 943 g/mol. The maximum absolute atomic E-state index is 10.1. The molecule has 0 saturated heterocycles. The second-order valence-corrected chi connectivity index (χ2v) is 12.6. The molecule has 0 aliphatic carbocycles. The summed E-state index contributed by atoms with van der Waals surface area (Å²) in [5, 5.41) is 259. The molecule has 0 aromatic carbocycles. The van der Waals surface area contributed by atoms with E-state index in [1.807, 2.05) is 0 Å². The Kier molecular flexibility index (Phi) is 44.5. The van der Waals surface area contributed by atoms with E-state index >= 15 is 0 Å². The molecule has 0 aromatic heterocycles. The first-order chi connectivity index (χ1) is 29.6. The average Bonchev–Trinajstić information content (AvgIpc) is 3.28. The van der Waals surface area contributed by atoms with Crippen molar-refractivity contribution in [3.8, 4) is 0 Å². The fourth-order valence-electron chi connectivity index (χ4n) is 3.34. The van der Waals surface area contributed by atoms with Crippen molar-refractivity contribution in [1.82, 2.24) is 0 Å². The van der Waals surface area contributed by atoms with Gasteiger partial charge >= 0.3 is 59.4 Å². The third kappa shape index (κ3) is 29.3. The Labute approximate surface area is 392 Å². The maximum Gasteiger partial charge on any atom is 1.00 e. The number of aliphatic carboxylic acids is 5. The minimum atomic E-state index is -2.20. The Morgan fingerprint density at radius 2 is 0.333 bits per heavy atom. The van der Waals surface area contributed by atoms with Crippen molar-refractivity contribution < 1.29 is 208 Å². The molecule has 30 N–H and O–H groups in total. The van der Waals surface area contributed by atoms with Crippen molar-refractivity contribution in [3.63, 3.8) is 0 Å².